The molecule has 0 aliphatic carbocycles. The fraction of sp³-hybridized carbons (Fsp3) is 0.211. The van der Waals surface area contributed by atoms with Crippen molar-refractivity contribution in [2.24, 2.45) is 5.73 Å². The number of carbonyl (C=O) groups is 3. The maximum atomic E-state index is 13.2. The van der Waals surface area contributed by atoms with E-state index in [0.29, 0.717) is 12.1 Å². The minimum Gasteiger partial charge on any atom is -0.452 e. The zero-order chi connectivity index (χ0) is 21.2. The van der Waals surface area contributed by atoms with Crippen molar-refractivity contribution in [3.05, 3.63) is 59.7 Å². The summed E-state index contributed by atoms with van der Waals surface area (Å²) in [6, 6.07) is 11.3. The number of ether oxygens (including phenoxy) is 1. The van der Waals surface area contributed by atoms with Crippen LogP contribution in [-0.2, 0) is 26.0 Å². The summed E-state index contributed by atoms with van der Waals surface area (Å²) < 4.78 is 32.6. The van der Waals surface area contributed by atoms with E-state index >= 15 is 0 Å². The molecule has 0 bridgehead atoms. The van der Waals surface area contributed by atoms with Crippen LogP contribution in [0.25, 0.3) is 0 Å². The summed E-state index contributed by atoms with van der Waals surface area (Å²) in [7, 11) is -3.92. The molecule has 9 nitrogen and oxygen atoms in total. The normalized spacial score (nSPS) is 15.5. The summed E-state index contributed by atoms with van der Waals surface area (Å²) in [4.78, 5) is 34.0. The maximum Gasteiger partial charge on any atom is 0.338 e. The van der Waals surface area contributed by atoms with Gasteiger partial charge < -0.3 is 10.5 Å². The molecule has 2 aromatic carbocycles. The summed E-state index contributed by atoms with van der Waals surface area (Å²) in [6.07, 6.45) is 0.589. The summed E-state index contributed by atoms with van der Waals surface area (Å²) >= 11 is 0. The molecule has 10 heteroatoms. The van der Waals surface area contributed by atoms with Crippen LogP contribution in [0.5, 0.6) is 0 Å². The van der Waals surface area contributed by atoms with Gasteiger partial charge in [-0.05, 0) is 43.2 Å². The molecule has 1 aliphatic heterocycles. The van der Waals surface area contributed by atoms with Gasteiger partial charge in [0.2, 0.25) is 0 Å². The quantitative estimate of drug-likeness (QED) is 0.701. The third kappa shape index (κ3) is 4.21. The van der Waals surface area contributed by atoms with Crippen molar-refractivity contribution in [3.63, 3.8) is 0 Å². The molecule has 3 rings (SSSR count). The van der Waals surface area contributed by atoms with E-state index < -0.39 is 34.5 Å². The van der Waals surface area contributed by atoms with E-state index in [1.807, 2.05) is 19.1 Å². The van der Waals surface area contributed by atoms with Crippen molar-refractivity contribution in [2.45, 2.75) is 24.3 Å². The maximum absolute atomic E-state index is 13.2. The zero-order valence-electron chi connectivity index (χ0n) is 15.5. The third-order valence-electron chi connectivity index (χ3n) is 4.37. The Kier molecular flexibility index (Phi) is 5.55. The van der Waals surface area contributed by atoms with Gasteiger partial charge in [0.05, 0.1) is 16.1 Å². The molecule has 0 saturated carbocycles. The van der Waals surface area contributed by atoms with Gasteiger partial charge in [0.25, 0.3) is 15.9 Å². The summed E-state index contributed by atoms with van der Waals surface area (Å²) in [5.41, 5.74) is 6.30. The van der Waals surface area contributed by atoms with Crippen LogP contribution < -0.4 is 15.4 Å². The molecule has 1 heterocycles. The van der Waals surface area contributed by atoms with Gasteiger partial charge in [0, 0.05) is 6.04 Å². The number of primary amides is 1. The molecule has 0 saturated heterocycles. The SMILES string of the molecule is C[C@H]1Cc2ccccc2N1S(=O)(=O)c1cccc(C(=O)OCC(=O)NC(N)=O)c1. The lowest BCUT2D eigenvalue weighted by Gasteiger charge is -2.24. The predicted octanol–water partition coefficient (Wildman–Crippen LogP) is 1.18. The number of anilines is 1. The Morgan fingerprint density at radius 1 is 1.17 bits per heavy atom. The van der Waals surface area contributed by atoms with Gasteiger partial charge >= 0.3 is 12.0 Å². The number of benzene rings is 2. The Bertz CT molecular complexity index is 1080. The number of fused-ring (bicyclic) bond motifs is 1. The Balaban J connectivity index is 1.83. The zero-order valence-corrected chi connectivity index (χ0v) is 16.3. The van der Waals surface area contributed by atoms with Gasteiger partial charge in [-0.15, -0.1) is 0 Å². The number of amides is 3. The van der Waals surface area contributed by atoms with Gasteiger partial charge in [-0.3, -0.25) is 14.4 Å². The molecule has 29 heavy (non-hydrogen) atoms. The van der Waals surface area contributed by atoms with Gasteiger partial charge in [-0.2, -0.15) is 0 Å². The highest BCUT2D eigenvalue weighted by Crippen LogP contribution is 2.36. The third-order valence-corrected chi connectivity index (χ3v) is 6.29. The van der Waals surface area contributed by atoms with Crippen molar-refractivity contribution >= 4 is 33.6 Å². The Labute approximate surface area is 167 Å². The van der Waals surface area contributed by atoms with Crippen LogP contribution in [0.2, 0.25) is 0 Å². The van der Waals surface area contributed by atoms with Crippen LogP contribution in [-0.4, -0.2) is 39.0 Å². The first-order valence-electron chi connectivity index (χ1n) is 8.69. The number of nitrogens with two attached hydrogens (primary N) is 1. The van der Waals surface area contributed by atoms with Crippen LogP contribution in [0.15, 0.2) is 53.4 Å². The molecular weight excluding hydrogens is 398 g/mol. The van der Waals surface area contributed by atoms with Gasteiger partial charge in [0.15, 0.2) is 6.61 Å². The highest BCUT2D eigenvalue weighted by atomic mass is 32.2. The molecule has 1 atom stereocenters. The van der Waals surface area contributed by atoms with E-state index in [2.05, 4.69) is 0 Å². The highest BCUT2D eigenvalue weighted by molar-refractivity contribution is 7.92. The first kappa shape index (κ1) is 20.3. The van der Waals surface area contributed by atoms with Crippen molar-refractivity contribution in [3.8, 4) is 0 Å². The molecule has 152 valence electrons. The Morgan fingerprint density at radius 3 is 2.62 bits per heavy atom. The number of rotatable bonds is 5. The van der Waals surface area contributed by atoms with E-state index in [1.165, 1.54) is 28.6 Å². The largest absolute Gasteiger partial charge is 0.452 e. The standard InChI is InChI=1S/C19H19N3O6S/c1-12-9-13-5-2-3-8-16(13)22(12)29(26,27)15-7-4-6-14(10-15)18(24)28-11-17(23)21-19(20)25/h2-8,10,12H,9,11H2,1H3,(H3,20,21,23,25)/t12-/m0/s1. The number of nitrogens with one attached hydrogen (secondary N) is 1. The number of hydrogen-bond donors (Lipinski definition) is 2. The topological polar surface area (TPSA) is 136 Å². The van der Waals surface area contributed by atoms with E-state index in [1.54, 1.807) is 17.4 Å². The molecular formula is C19H19N3O6S. The van der Waals surface area contributed by atoms with Crippen LogP contribution in [0.3, 0.4) is 0 Å². The highest BCUT2D eigenvalue weighted by Gasteiger charge is 2.36. The fourth-order valence-electron chi connectivity index (χ4n) is 3.19. The number of imide groups is 1. The molecule has 0 radical (unpaired) electrons. The van der Waals surface area contributed by atoms with Gasteiger partial charge in [-0.1, -0.05) is 24.3 Å². The molecule has 1 aliphatic rings. The lowest BCUT2D eigenvalue weighted by atomic mass is 10.1. The number of nitrogens with zero attached hydrogens (tertiary/aromatic N) is 1. The van der Waals surface area contributed by atoms with Crippen molar-refractivity contribution < 1.29 is 27.5 Å². The van der Waals surface area contributed by atoms with E-state index in [4.69, 9.17) is 10.5 Å². The predicted molar refractivity (Wildman–Crippen MR) is 104 cm³/mol. The second-order valence-corrected chi connectivity index (χ2v) is 8.31. The smallest absolute Gasteiger partial charge is 0.338 e. The lowest BCUT2D eigenvalue weighted by molar-refractivity contribution is -0.123. The minimum atomic E-state index is -3.92. The van der Waals surface area contributed by atoms with E-state index in [0.717, 1.165) is 5.56 Å². The monoisotopic (exact) mass is 417 g/mol. The average molecular weight is 417 g/mol. The summed E-state index contributed by atoms with van der Waals surface area (Å²) in [6.45, 7) is 1.09. The second-order valence-electron chi connectivity index (χ2n) is 6.50. The molecule has 0 aromatic heterocycles. The van der Waals surface area contributed by atoms with Crippen molar-refractivity contribution in [2.75, 3.05) is 10.9 Å². The number of para-hydroxylation sites is 1. The molecule has 2 aromatic rings. The van der Waals surface area contributed by atoms with Crippen LogP contribution in [0.4, 0.5) is 10.5 Å². The molecule has 0 spiro atoms. The van der Waals surface area contributed by atoms with Gasteiger partial charge in [0.1, 0.15) is 0 Å². The van der Waals surface area contributed by atoms with Crippen molar-refractivity contribution in [1.29, 1.82) is 0 Å². The van der Waals surface area contributed by atoms with Gasteiger partial charge in [-0.25, -0.2) is 18.0 Å². The lowest BCUT2D eigenvalue weighted by Crippen LogP contribution is -2.37. The molecule has 3 amide bonds. The fourth-order valence-corrected chi connectivity index (χ4v) is 4.93. The number of esters is 1. The number of carbonyl (C=O) groups excluding carboxylic acids is 3. The Hall–Kier alpha value is -3.40. The number of urea groups is 1. The van der Waals surface area contributed by atoms with E-state index in [9.17, 15) is 22.8 Å². The van der Waals surface area contributed by atoms with Crippen molar-refractivity contribution in [1.82, 2.24) is 5.32 Å². The van der Waals surface area contributed by atoms with Crippen LogP contribution >= 0.6 is 0 Å². The molecule has 3 N–H and O–H groups in total. The number of sulfonamides is 1. The molecule has 0 fully saturated rings. The second kappa shape index (κ2) is 7.92. The van der Waals surface area contributed by atoms with E-state index in [-0.39, 0.29) is 16.5 Å². The summed E-state index contributed by atoms with van der Waals surface area (Å²) in [5, 5.41) is 1.76. The Morgan fingerprint density at radius 2 is 1.90 bits per heavy atom. The first-order valence-corrected chi connectivity index (χ1v) is 10.1. The summed E-state index contributed by atoms with van der Waals surface area (Å²) in [5.74, 6) is -1.80. The number of hydrogen-bond acceptors (Lipinski definition) is 6. The average Bonchev–Trinajstić information content (AvgIpc) is 3.02. The van der Waals surface area contributed by atoms with Crippen LogP contribution in [0, 0.1) is 0 Å². The first-order chi connectivity index (χ1) is 13.7. The van der Waals surface area contributed by atoms with Crippen LogP contribution in [0.1, 0.15) is 22.8 Å². The molecule has 0 unspecified atom stereocenters. The minimum absolute atomic E-state index is 0.0434.